The van der Waals surface area contributed by atoms with Crippen molar-refractivity contribution < 1.29 is 27.9 Å². The molecule has 0 aromatic carbocycles. The predicted molar refractivity (Wildman–Crippen MR) is 94.7 cm³/mol. The molecule has 0 saturated carbocycles. The van der Waals surface area contributed by atoms with Gasteiger partial charge in [0.15, 0.2) is 0 Å². The zero-order valence-corrected chi connectivity index (χ0v) is 16.4. The molecule has 0 spiro atoms. The standard InChI is InChI=1S/C16H33NO6Si/c1-6-21-24(22-7-2,23-8-3)11-9-10-17-12-15(18)13-20-16(19)14(4)5/h15,17-18H,4,6-13H2,1-3,5H3/t15-/m1/s1. The zero-order valence-electron chi connectivity index (χ0n) is 15.4. The first kappa shape index (κ1) is 23.2. The van der Waals surface area contributed by atoms with Crippen molar-refractivity contribution in [3.8, 4) is 0 Å². The first-order valence-electron chi connectivity index (χ1n) is 8.54. The molecule has 0 unspecified atom stereocenters. The second-order valence-corrected chi connectivity index (χ2v) is 8.05. The first-order valence-corrected chi connectivity index (χ1v) is 10.5. The fraction of sp³-hybridized carbons (Fsp3) is 0.812. The third-order valence-corrected chi connectivity index (χ3v) is 6.22. The lowest BCUT2D eigenvalue weighted by atomic mass is 10.3. The van der Waals surface area contributed by atoms with Crippen LogP contribution in [0, 0.1) is 0 Å². The highest BCUT2D eigenvalue weighted by Crippen LogP contribution is 2.17. The van der Waals surface area contributed by atoms with Gasteiger partial charge in [0, 0.05) is 38.0 Å². The van der Waals surface area contributed by atoms with Crippen LogP contribution in [0.5, 0.6) is 0 Å². The second-order valence-electron chi connectivity index (χ2n) is 5.32. The van der Waals surface area contributed by atoms with Gasteiger partial charge in [-0.3, -0.25) is 0 Å². The Kier molecular flexibility index (Phi) is 13.1. The molecule has 0 amide bonds. The van der Waals surface area contributed by atoms with E-state index in [1.165, 1.54) is 0 Å². The summed E-state index contributed by atoms with van der Waals surface area (Å²) < 4.78 is 22.2. The molecule has 0 radical (unpaired) electrons. The predicted octanol–water partition coefficient (Wildman–Crippen LogP) is 1.49. The second kappa shape index (κ2) is 13.5. The van der Waals surface area contributed by atoms with Gasteiger partial charge in [-0.1, -0.05) is 6.58 Å². The van der Waals surface area contributed by atoms with Gasteiger partial charge < -0.3 is 28.4 Å². The van der Waals surface area contributed by atoms with Crippen molar-refractivity contribution in [2.45, 2.75) is 46.3 Å². The van der Waals surface area contributed by atoms with Gasteiger partial charge in [0.2, 0.25) is 0 Å². The largest absolute Gasteiger partial charge is 0.500 e. The minimum Gasteiger partial charge on any atom is -0.460 e. The Hall–Kier alpha value is -0.773. The summed E-state index contributed by atoms with van der Waals surface area (Å²) in [5.74, 6) is -0.491. The molecule has 0 aromatic heterocycles. The maximum absolute atomic E-state index is 11.2. The molecule has 1 atom stereocenters. The molecular weight excluding hydrogens is 330 g/mol. The third kappa shape index (κ3) is 10.2. The van der Waals surface area contributed by atoms with Crippen molar-refractivity contribution >= 4 is 14.8 Å². The van der Waals surface area contributed by atoms with Crippen LogP contribution in [0.3, 0.4) is 0 Å². The minimum absolute atomic E-state index is 0.0474. The number of esters is 1. The van der Waals surface area contributed by atoms with Gasteiger partial charge in [0.1, 0.15) is 12.7 Å². The molecule has 0 aromatic rings. The summed E-state index contributed by atoms with van der Waals surface area (Å²) in [6.45, 7) is 13.5. The Bertz CT molecular complexity index is 349. The molecule has 0 fully saturated rings. The van der Waals surface area contributed by atoms with Gasteiger partial charge in [-0.2, -0.15) is 0 Å². The van der Waals surface area contributed by atoms with Crippen LogP contribution in [-0.4, -0.2) is 65.5 Å². The van der Waals surface area contributed by atoms with Gasteiger partial charge in [-0.05, 0) is 40.7 Å². The number of hydrogen-bond donors (Lipinski definition) is 2. The minimum atomic E-state index is -2.60. The number of aliphatic hydroxyl groups is 1. The molecule has 0 aliphatic rings. The monoisotopic (exact) mass is 363 g/mol. The summed E-state index contributed by atoms with van der Waals surface area (Å²) in [4.78, 5) is 11.2. The molecule has 0 saturated heterocycles. The van der Waals surface area contributed by atoms with Gasteiger partial charge in [-0.15, -0.1) is 0 Å². The first-order chi connectivity index (χ1) is 11.4. The third-order valence-electron chi connectivity index (χ3n) is 3.06. The van der Waals surface area contributed by atoms with Crippen LogP contribution in [0.25, 0.3) is 0 Å². The molecule has 2 N–H and O–H groups in total. The lowest BCUT2D eigenvalue weighted by molar-refractivity contribution is -0.141. The van der Waals surface area contributed by atoms with Crippen LogP contribution in [0.2, 0.25) is 6.04 Å². The molecule has 8 heteroatoms. The molecule has 7 nitrogen and oxygen atoms in total. The van der Waals surface area contributed by atoms with E-state index in [2.05, 4.69) is 11.9 Å². The van der Waals surface area contributed by atoms with Crippen LogP contribution in [0.1, 0.15) is 34.1 Å². The number of rotatable bonds is 15. The Labute approximate surface area is 146 Å². The lowest BCUT2D eigenvalue weighted by Gasteiger charge is -2.28. The van der Waals surface area contributed by atoms with E-state index in [1.54, 1.807) is 6.92 Å². The van der Waals surface area contributed by atoms with Crippen molar-refractivity contribution in [3.05, 3.63) is 12.2 Å². The Morgan fingerprint density at radius 2 is 1.71 bits per heavy atom. The van der Waals surface area contributed by atoms with E-state index in [0.717, 1.165) is 12.5 Å². The highest BCUT2D eigenvalue weighted by atomic mass is 28.4. The zero-order chi connectivity index (χ0) is 18.4. The van der Waals surface area contributed by atoms with Crippen molar-refractivity contribution in [1.29, 1.82) is 0 Å². The van der Waals surface area contributed by atoms with E-state index >= 15 is 0 Å². The van der Waals surface area contributed by atoms with Crippen LogP contribution in [0.15, 0.2) is 12.2 Å². The lowest BCUT2D eigenvalue weighted by Crippen LogP contribution is -2.46. The number of ether oxygens (including phenoxy) is 1. The average molecular weight is 364 g/mol. The van der Waals surface area contributed by atoms with Gasteiger partial charge in [-0.25, -0.2) is 4.79 Å². The van der Waals surface area contributed by atoms with Crippen molar-refractivity contribution in [2.24, 2.45) is 0 Å². The molecule has 0 aliphatic heterocycles. The molecule has 0 bridgehead atoms. The summed E-state index contributed by atoms with van der Waals surface area (Å²) >= 11 is 0. The fourth-order valence-electron chi connectivity index (χ4n) is 2.05. The number of carbonyl (C=O) groups is 1. The van der Waals surface area contributed by atoms with E-state index in [9.17, 15) is 9.90 Å². The molecule has 24 heavy (non-hydrogen) atoms. The quantitative estimate of drug-likeness (QED) is 0.197. The van der Waals surface area contributed by atoms with Gasteiger partial charge in [0.25, 0.3) is 0 Å². The fourth-order valence-corrected chi connectivity index (χ4v) is 4.67. The smallest absolute Gasteiger partial charge is 0.460 e. The van der Waals surface area contributed by atoms with Crippen LogP contribution < -0.4 is 5.32 Å². The topological polar surface area (TPSA) is 86.3 Å². The van der Waals surface area contributed by atoms with E-state index in [4.69, 9.17) is 18.0 Å². The Morgan fingerprint density at radius 1 is 1.17 bits per heavy atom. The summed E-state index contributed by atoms with van der Waals surface area (Å²) in [6, 6.07) is 0.719. The van der Waals surface area contributed by atoms with Crippen molar-refractivity contribution in [2.75, 3.05) is 39.5 Å². The highest BCUT2D eigenvalue weighted by molar-refractivity contribution is 6.60. The Balaban J connectivity index is 4.03. The molecule has 142 valence electrons. The summed E-state index contributed by atoms with van der Waals surface area (Å²) in [6.07, 6.45) is 0.0609. The number of carbonyl (C=O) groups excluding carboxylic acids is 1. The number of hydrogen-bond acceptors (Lipinski definition) is 7. The molecule has 0 rings (SSSR count). The van der Waals surface area contributed by atoms with Crippen LogP contribution >= 0.6 is 0 Å². The van der Waals surface area contributed by atoms with Crippen LogP contribution in [0.4, 0.5) is 0 Å². The normalized spacial score (nSPS) is 12.9. The summed E-state index contributed by atoms with van der Waals surface area (Å²) in [5, 5.41) is 12.9. The van der Waals surface area contributed by atoms with E-state index in [-0.39, 0.29) is 6.61 Å². The van der Waals surface area contributed by atoms with E-state index in [1.807, 2.05) is 20.8 Å². The number of nitrogens with one attached hydrogen (secondary N) is 1. The van der Waals surface area contributed by atoms with Crippen molar-refractivity contribution in [1.82, 2.24) is 5.32 Å². The Morgan fingerprint density at radius 3 is 2.17 bits per heavy atom. The summed E-state index contributed by atoms with van der Waals surface area (Å²) in [5.41, 5.74) is 0.319. The van der Waals surface area contributed by atoms with Crippen LogP contribution in [-0.2, 0) is 22.8 Å². The maximum Gasteiger partial charge on any atom is 0.500 e. The van der Waals surface area contributed by atoms with E-state index in [0.29, 0.717) is 38.5 Å². The highest BCUT2D eigenvalue weighted by Gasteiger charge is 2.39. The molecule has 0 heterocycles. The average Bonchev–Trinajstić information content (AvgIpc) is 2.52. The SMILES string of the molecule is C=C(C)C(=O)OC[C@H](O)CNCCC[Si](OCC)(OCC)OCC. The molecular formula is C16H33NO6Si. The van der Waals surface area contributed by atoms with Gasteiger partial charge >= 0.3 is 14.8 Å². The van der Waals surface area contributed by atoms with Gasteiger partial charge in [0.05, 0.1) is 0 Å². The van der Waals surface area contributed by atoms with E-state index < -0.39 is 20.9 Å². The summed E-state index contributed by atoms with van der Waals surface area (Å²) in [7, 11) is -2.60. The van der Waals surface area contributed by atoms with Crippen molar-refractivity contribution in [3.63, 3.8) is 0 Å². The number of aliphatic hydroxyl groups excluding tert-OH is 1. The maximum atomic E-state index is 11.2. The molecule has 0 aliphatic carbocycles.